The van der Waals surface area contributed by atoms with Gasteiger partial charge in [-0.1, -0.05) is 0 Å². The Hall–Kier alpha value is -0.800. The first-order valence-corrected chi connectivity index (χ1v) is 7.99. The Bertz CT molecular complexity index is 459. The zero-order valence-corrected chi connectivity index (χ0v) is 16.4. The van der Waals surface area contributed by atoms with Crippen LogP contribution in [-0.4, -0.2) is 50.5 Å². The molecule has 0 aliphatic carbocycles. The van der Waals surface area contributed by atoms with Crippen molar-refractivity contribution in [3.05, 3.63) is 24.0 Å². The third-order valence-electron chi connectivity index (χ3n) is 3.71. The third-order valence-corrected chi connectivity index (χ3v) is 3.71. The number of aromatic nitrogens is 1. The van der Waals surface area contributed by atoms with Crippen molar-refractivity contribution < 1.29 is 9.47 Å². The lowest BCUT2D eigenvalue weighted by Crippen LogP contribution is -2.37. The molecule has 1 atom stereocenters. The number of rotatable bonds is 8. The second-order valence-electron chi connectivity index (χ2n) is 5.70. The van der Waals surface area contributed by atoms with E-state index in [2.05, 4.69) is 27.9 Å². The normalized spacial score (nSPS) is 17.8. The highest BCUT2D eigenvalue weighted by Gasteiger charge is 2.15. The van der Waals surface area contributed by atoms with Crippen molar-refractivity contribution >= 4 is 29.9 Å². The fraction of sp³-hybridized carbons (Fsp3) is 0.688. The van der Waals surface area contributed by atoms with Crippen LogP contribution in [0.2, 0.25) is 0 Å². The molecule has 1 aromatic rings. The number of hydrogen-bond acceptors (Lipinski definition) is 3. The molecule has 2 N–H and O–H groups in total. The highest BCUT2D eigenvalue weighted by molar-refractivity contribution is 14.0. The van der Waals surface area contributed by atoms with Gasteiger partial charge in [0.2, 0.25) is 0 Å². The minimum absolute atomic E-state index is 0. The summed E-state index contributed by atoms with van der Waals surface area (Å²) in [5, 5.41) is 6.61. The van der Waals surface area contributed by atoms with Gasteiger partial charge in [0.25, 0.3) is 0 Å². The third kappa shape index (κ3) is 8.03. The fourth-order valence-corrected chi connectivity index (χ4v) is 2.42. The second kappa shape index (κ2) is 11.7. The highest BCUT2D eigenvalue weighted by Crippen LogP contribution is 2.12. The first-order chi connectivity index (χ1) is 10.8. The van der Waals surface area contributed by atoms with Crippen LogP contribution in [0.3, 0.4) is 0 Å². The van der Waals surface area contributed by atoms with Crippen molar-refractivity contribution in [2.24, 2.45) is 18.0 Å². The lowest BCUT2D eigenvalue weighted by atomic mass is 10.1. The molecule has 1 aromatic heterocycles. The average molecular weight is 436 g/mol. The van der Waals surface area contributed by atoms with E-state index in [1.54, 1.807) is 7.05 Å². The van der Waals surface area contributed by atoms with E-state index in [0.717, 1.165) is 58.3 Å². The number of aliphatic imine (C=N–C) groups is 1. The van der Waals surface area contributed by atoms with Crippen LogP contribution in [0.5, 0.6) is 0 Å². The molecular weight excluding hydrogens is 407 g/mol. The van der Waals surface area contributed by atoms with Gasteiger partial charge < -0.3 is 24.7 Å². The monoisotopic (exact) mass is 436 g/mol. The van der Waals surface area contributed by atoms with E-state index in [4.69, 9.17) is 9.47 Å². The lowest BCUT2D eigenvalue weighted by Gasteiger charge is -2.12. The maximum atomic E-state index is 5.68. The number of ether oxygens (including phenoxy) is 2. The standard InChI is InChI=1S/C16H28N4O2.HI/c1-17-16(19-10-14-4-7-20(2)11-14)18-6-3-8-21-12-15-5-9-22-13-15;/h4,7,11,15H,3,5-6,8-10,12-13H2,1-2H3,(H2,17,18,19);1H. The van der Waals surface area contributed by atoms with E-state index in [1.165, 1.54) is 5.56 Å². The number of aryl methyl sites for hydroxylation is 1. The van der Waals surface area contributed by atoms with E-state index in [0.29, 0.717) is 5.92 Å². The SMILES string of the molecule is CN=C(NCCCOCC1CCOC1)NCc1ccn(C)c1.I. The molecule has 1 aliphatic rings. The van der Waals surface area contributed by atoms with Gasteiger partial charge >= 0.3 is 0 Å². The fourth-order valence-electron chi connectivity index (χ4n) is 2.42. The average Bonchev–Trinajstić information content (AvgIpc) is 3.17. The molecule has 0 aromatic carbocycles. The lowest BCUT2D eigenvalue weighted by molar-refractivity contribution is 0.0888. The Balaban J connectivity index is 0.00000264. The molecule has 0 radical (unpaired) electrons. The van der Waals surface area contributed by atoms with Gasteiger partial charge in [-0.2, -0.15) is 0 Å². The van der Waals surface area contributed by atoms with Crippen molar-refractivity contribution in [2.45, 2.75) is 19.4 Å². The van der Waals surface area contributed by atoms with E-state index < -0.39 is 0 Å². The largest absolute Gasteiger partial charge is 0.381 e. The summed E-state index contributed by atoms with van der Waals surface area (Å²) < 4.78 is 13.1. The summed E-state index contributed by atoms with van der Waals surface area (Å²) in [6.07, 6.45) is 6.24. The van der Waals surface area contributed by atoms with Crippen LogP contribution in [0.25, 0.3) is 0 Å². The van der Waals surface area contributed by atoms with Gasteiger partial charge in [0.05, 0.1) is 13.2 Å². The topological polar surface area (TPSA) is 59.8 Å². The number of nitrogens with one attached hydrogen (secondary N) is 2. The zero-order chi connectivity index (χ0) is 15.6. The Morgan fingerprint density at radius 3 is 3.00 bits per heavy atom. The molecule has 0 amide bonds. The predicted molar refractivity (Wildman–Crippen MR) is 103 cm³/mol. The summed E-state index contributed by atoms with van der Waals surface area (Å²) in [6.45, 7) is 4.97. The molecule has 2 rings (SSSR count). The minimum atomic E-state index is 0. The molecular formula is C16H29IN4O2. The summed E-state index contributed by atoms with van der Waals surface area (Å²) in [6, 6.07) is 2.10. The van der Waals surface area contributed by atoms with Crippen molar-refractivity contribution in [3.8, 4) is 0 Å². The number of halogens is 1. The van der Waals surface area contributed by atoms with Crippen molar-refractivity contribution in [3.63, 3.8) is 0 Å². The predicted octanol–water partition coefficient (Wildman–Crippen LogP) is 1.75. The van der Waals surface area contributed by atoms with Crippen LogP contribution < -0.4 is 10.6 Å². The first kappa shape index (κ1) is 20.2. The van der Waals surface area contributed by atoms with Crippen LogP contribution >= 0.6 is 24.0 Å². The van der Waals surface area contributed by atoms with Crippen molar-refractivity contribution in [1.82, 2.24) is 15.2 Å². The van der Waals surface area contributed by atoms with Gasteiger partial charge in [-0.05, 0) is 24.5 Å². The number of hydrogen-bond donors (Lipinski definition) is 2. The van der Waals surface area contributed by atoms with Gasteiger partial charge in [-0.25, -0.2) is 0 Å². The molecule has 0 saturated carbocycles. The second-order valence-corrected chi connectivity index (χ2v) is 5.70. The van der Waals surface area contributed by atoms with Crippen molar-refractivity contribution in [2.75, 3.05) is 40.0 Å². The van der Waals surface area contributed by atoms with Crippen LogP contribution in [0.4, 0.5) is 0 Å². The van der Waals surface area contributed by atoms with Crippen LogP contribution in [0.1, 0.15) is 18.4 Å². The van der Waals surface area contributed by atoms with Gasteiger partial charge in [-0.3, -0.25) is 4.99 Å². The van der Waals surface area contributed by atoms with Crippen LogP contribution in [0.15, 0.2) is 23.5 Å². The molecule has 1 saturated heterocycles. The Labute approximate surface area is 156 Å². The molecule has 23 heavy (non-hydrogen) atoms. The molecule has 0 bridgehead atoms. The molecule has 6 nitrogen and oxygen atoms in total. The molecule has 7 heteroatoms. The minimum Gasteiger partial charge on any atom is -0.381 e. The van der Waals surface area contributed by atoms with Crippen LogP contribution in [-0.2, 0) is 23.1 Å². The molecule has 1 unspecified atom stereocenters. The Morgan fingerprint density at radius 1 is 1.48 bits per heavy atom. The van der Waals surface area contributed by atoms with Gasteiger partial charge in [0.15, 0.2) is 5.96 Å². The summed E-state index contributed by atoms with van der Waals surface area (Å²) in [5.41, 5.74) is 1.24. The highest BCUT2D eigenvalue weighted by atomic mass is 127. The molecule has 1 fully saturated rings. The molecule has 0 spiro atoms. The van der Waals surface area contributed by atoms with E-state index in [9.17, 15) is 0 Å². The zero-order valence-electron chi connectivity index (χ0n) is 14.1. The Kier molecular flexibility index (Phi) is 10.3. The van der Waals surface area contributed by atoms with E-state index in [1.807, 2.05) is 17.8 Å². The maximum absolute atomic E-state index is 5.68. The first-order valence-electron chi connectivity index (χ1n) is 7.99. The molecule has 132 valence electrons. The quantitative estimate of drug-likeness (QED) is 0.282. The summed E-state index contributed by atoms with van der Waals surface area (Å²) >= 11 is 0. The molecule has 1 aliphatic heterocycles. The number of nitrogens with zero attached hydrogens (tertiary/aromatic N) is 2. The van der Waals surface area contributed by atoms with Crippen molar-refractivity contribution in [1.29, 1.82) is 0 Å². The summed E-state index contributed by atoms with van der Waals surface area (Å²) in [5.74, 6) is 1.42. The van der Waals surface area contributed by atoms with Gasteiger partial charge in [-0.15, -0.1) is 24.0 Å². The van der Waals surface area contributed by atoms with E-state index >= 15 is 0 Å². The Morgan fingerprint density at radius 2 is 2.35 bits per heavy atom. The smallest absolute Gasteiger partial charge is 0.191 e. The van der Waals surface area contributed by atoms with Gasteiger partial charge in [0.1, 0.15) is 0 Å². The maximum Gasteiger partial charge on any atom is 0.191 e. The van der Waals surface area contributed by atoms with E-state index in [-0.39, 0.29) is 24.0 Å². The van der Waals surface area contributed by atoms with Gasteiger partial charge in [0, 0.05) is 58.7 Å². The summed E-state index contributed by atoms with van der Waals surface area (Å²) in [4.78, 5) is 4.22. The molecule has 2 heterocycles. The van der Waals surface area contributed by atoms with Crippen LogP contribution in [0, 0.1) is 5.92 Å². The number of guanidine groups is 1. The summed E-state index contributed by atoms with van der Waals surface area (Å²) in [7, 11) is 3.81.